The Hall–Kier alpha value is -2.81. The molecular formula is C19H18O3. The van der Waals surface area contributed by atoms with Crippen LogP contribution in [0.4, 0.5) is 0 Å². The maximum atomic E-state index is 10.5. The summed E-state index contributed by atoms with van der Waals surface area (Å²) in [5.41, 5.74) is 3.45. The van der Waals surface area contributed by atoms with Crippen LogP contribution in [0, 0.1) is 0 Å². The maximum absolute atomic E-state index is 10.5. The number of rotatable bonds is 6. The third-order valence-corrected chi connectivity index (χ3v) is 3.34. The van der Waals surface area contributed by atoms with Crippen LogP contribution in [-0.2, 0) is 11.2 Å². The van der Waals surface area contributed by atoms with E-state index >= 15 is 0 Å². The number of carbonyl (C=O) groups is 1. The molecule has 3 nitrogen and oxygen atoms in total. The Balaban J connectivity index is 2.52. The number of hydrogen-bond donors (Lipinski definition) is 1. The van der Waals surface area contributed by atoms with Crippen molar-refractivity contribution in [1.29, 1.82) is 0 Å². The highest BCUT2D eigenvalue weighted by Crippen LogP contribution is 2.33. The molecule has 22 heavy (non-hydrogen) atoms. The largest absolute Gasteiger partial charge is 0.507 e. The van der Waals surface area contributed by atoms with Crippen LogP contribution in [0.2, 0.25) is 0 Å². The molecule has 0 saturated carbocycles. The van der Waals surface area contributed by atoms with E-state index in [1.54, 1.807) is 19.3 Å². The number of phenolic OH excluding ortho intramolecular Hbond substituents is 1. The van der Waals surface area contributed by atoms with Crippen molar-refractivity contribution < 1.29 is 14.6 Å². The molecule has 0 radical (unpaired) electrons. The van der Waals surface area contributed by atoms with E-state index in [0.717, 1.165) is 28.7 Å². The molecule has 0 bridgehead atoms. The van der Waals surface area contributed by atoms with Gasteiger partial charge in [-0.1, -0.05) is 18.2 Å². The molecule has 0 aromatic heterocycles. The minimum absolute atomic E-state index is 0.211. The minimum atomic E-state index is 0.211. The first kappa shape index (κ1) is 15.6. The van der Waals surface area contributed by atoms with E-state index < -0.39 is 0 Å². The minimum Gasteiger partial charge on any atom is -0.507 e. The number of benzene rings is 2. The van der Waals surface area contributed by atoms with E-state index in [-0.39, 0.29) is 5.75 Å². The molecular weight excluding hydrogens is 276 g/mol. The molecule has 0 aliphatic rings. The summed E-state index contributed by atoms with van der Waals surface area (Å²) >= 11 is 0. The van der Waals surface area contributed by atoms with Crippen molar-refractivity contribution in [3.05, 3.63) is 66.3 Å². The first-order chi connectivity index (χ1) is 10.7. The lowest BCUT2D eigenvalue weighted by Crippen LogP contribution is -1.90. The van der Waals surface area contributed by atoms with Gasteiger partial charge in [0.15, 0.2) is 0 Å². The molecule has 0 fully saturated rings. The average molecular weight is 294 g/mol. The number of hydrogen-bond acceptors (Lipinski definition) is 3. The lowest BCUT2D eigenvalue weighted by atomic mass is 9.98. The Morgan fingerprint density at radius 2 is 2.05 bits per heavy atom. The van der Waals surface area contributed by atoms with Gasteiger partial charge in [-0.3, -0.25) is 4.79 Å². The van der Waals surface area contributed by atoms with Crippen LogP contribution in [0.1, 0.15) is 11.1 Å². The van der Waals surface area contributed by atoms with Gasteiger partial charge >= 0.3 is 0 Å². The van der Waals surface area contributed by atoms with Crippen LogP contribution in [0.5, 0.6) is 11.5 Å². The van der Waals surface area contributed by atoms with Crippen molar-refractivity contribution in [3.8, 4) is 22.6 Å². The molecule has 0 atom stereocenters. The second kappa shape index (κ2) is 7.27. The highest BCUT2D eigenvalue weighted by atomic mass is 16.5. The van der Waals surface area contributed by atoms with Crippen molar-refractivity contribution in [2.24, 2.45) is 0 Å². The summed E-state index contributed by atoms with van der Waals surface area (Å²) in [7, 11) is 1.58. The fraction of sp³-hybridized carbons (Fsp3) is 0.105. The molecule has 0 aliphatic heterocycles. The van der Waals surface area contributed by atoms with Crippen molar-refractivity contribution >= 4 is 12.4 Å². The normalized spacial score (nSPS) is 10.6. The third kappa shape index (κ3) is 3.44. The fourth-order valence-corrected chi connectivity index (χ4v) is 2.28. The van der Waals surface area contributed by atoms with Gasteiger partial charge in [0.05, 0.1) is 7.11 Å². The first-order valence-corrected chi connectivity index (χ1v) is 6.92. The second-order valence-electron chi connectivity index (χ2n) is 4.80. The van der Waals surface area contributed by atoms with Crippen LogP contribution >= 0.6 is 0 Å². The summed E-state index contributed by atoms with van der Waals surface area (Å²) in [4.78, 5) is 10.5. The monoisotopic (exact) mass is 294 g/mol. The van der Waals surface area contributed by atoms with Crippen molar-refractivity contribution in [3.63, 3.8) is 0 Å². The van der Waals surface area contributed by atoms with Gasteiger partial charge in [0.2, 0.25) is 0 Å². The maximum Gasteiger partial charge on any atom is 0.142 e. The SMILES string of the molecule is C=CCc1ccc(O)c(-c2ccc(OC)c(/C=C/C=O)c2)c1. The van der Waals surface area contributed by atoms with Gasteiger partial charge in [-0.2, -0.15) is 0 Å². The fourth-order valence-electron chi connectivity index (χ4n) is 2.28. The second-order valence-corrected chi connectivity index (χ2v) is 4.80. The Morgan fingerprint density at radius 3 is 2.73 bits per heavy atom. The van der Waals surface area contributed by atoms with Crippen molar-refractivity contribution in [2.75, 3.05) is 7.11 Å². The van der Waals surface area contributed by atoms with Gasteiger partial charge in [-0.05, 0) is 54.0 Å². The number of ether oxygens (including phenoxy) is 1. The smallest absolute Gasteiger partial charge is 0.142 e. The Bertz CT molecular complexity index is 715. The predicted octanol–water partition coefficient (Wildman–Crippen LogP) is 4.01. The molecule has 3 heteroatoms. The molecule has 0 unspecified atom stereocenters. The topological polar surface area (TPSA) is 46.5 Å². The molecule has 2 aromatic rings. The van der Waals surface area contributed by atoms with Gasteiger partial charge in [0, 0.05) is 11.1 Å². The Kier molecular flexibility index (Phi) is 5.15. The number of aldehydes is 1. The number of allylic oxidation sites excluding steroid dienone is 2. The summed E-state index contributed by atoms with van der Waals surface area (Å²) in [6.45, 7) is 3.73. The van der Waals surface area contributed by atoms with Gasteiger partial charge in [0.25, 0.3) is 0 Å². The van der Waals surface area contributed by atoms with Gasteiger partial charge in [-0.15, -0.1) is 6.58 Å². The zero-order valence-corrected chi connectivity index (χ0v) is 12.5. The van der Waals surface area contributed by atoms with E-state index in [2.05, 4.69) is 6.58 Å². The third-order valence-electron chi connectivity index (χ3n) is 3.34. The van der Waals surface area contributed by atoms with Crippen molar-refractivity contribution in [1.82, 2.24) is 0 Å². The van der Waals surface area contributed by atoms with Crippen LogP contribution in [-0.4, -0.2) is 18.5 Å². The van der Waals surface area contributed by atoms with E-state index in [0.29, 0.717) is 12.0 Å². The zero-order valence-electron chi connectivity index (χ0n) is 12.5. The number of aromatic hydroxyl groups is 1. The molecule has 1 N–H and O–H groups in total. The van der Waals surface area contributed by atoms with Gasteiger partial charge in [0.1, 0.15) is 17.8 Å². The summed E-state index contributed by atoms with van der Waals surface area (Å²) in [5, 5.41) is 10.1. The summed E-state index contributed by atoms with van der Waals surface area (Å²) in [6, 6.07) is 11.1. The lowest BCUT2D eigenvalue weighted by Gasteiger charge is -2.11. The van der Waals surface area contributed by atoms with Crippen molar-refractivity contribution in [2.45, 2.75) is 6.42 Å². The Morgan fingerprint density at radius 1 is 1.23 bits per heavy atom. The number of methoxy groups -OCH3 is 1. The van der Waals surface area contributed by atoms with Crippen LogP contribution in [0.15, 0.2) is 55.1 Å². The molecule has 0 amide bonds. The standard InChI is InChI=1S/C19H18O3/c1-3-5-14-7-9-18(21)17(12-14)15-8-10-19(22-2)16(13-15)6-4-11-20/h3-4,6-13,21H,1,5H2,2H3/b6-4+. The van der Waals surface area contributed by atoms with E-state index in [4.69, 9.17) is 4.74 Å². The van der Waals surface area contributed by atoms with Crippen LogP contribution in [0.25, 0.3) is 17.2 Å². The highest BCUT2D eigenvalue weighted by molar-refractivity contribution is 5.79. The molecule has 0 saturated heterocycles. The molecule has 0 heterocycles. The van der Waals surface area contributed by atoms with Gasteiger partial charge < -0.3 is 9.84 Å². The molecule has 2 rings (SSSR count). The lowest BCUT2D eigenvalue weighted by molar-refractivity contribution is -0.104. The van der Waals surface area contributed by atoms with E-state index in [9.17, 15) is 9.90 Å². The van der Waals surface area contributed by atoms with Crippen LogP contribution < -0.4 is 4.74 Å². The number of carbonyl (C=O) groups excluding carboxylic acids is 1. The molecule has 0 spiro atoms. The number of phenols is 1. The highest BCUT2D eigenvalue weighted by Gasteiger charge is 2.08. The Labute approximate surface area is 130 Å². The molecule has 112 valence electrons. The zero-order chi connectivity index (χ0) is 15.9. The summed E-state index contributed by atoms with van der Waals surface area (Å²) in [5.74, 6) is 0.881. The summed E-state index contributed by atoms with van der Waals surface area (Å²) in [6.07, 6.45) is 6.37. The first-order valence-electron chi connectivity index (χ1n) is 6.92. The molecule has 0 aliphatic carbocycles. The van der Waals surface area contributed by atoms with E-state index in [1.807, 2.05) is 36.4 Å². The van der Waals surface area contributed by atoms with E-state index in [1.165, 1.54) is 6.08 Å². The van der Waals surface area contributed by atoms with Crippen LogP contribution in [0.3, 0.4) is 0 Å². The molecule has 2 aromatic carbocycles. The quantitative estimate of drug-likeness (QED) is 0.497. The predicted molar refractivity (Wildman–Crippen MR) is 89.1 cm³/mol. The van der Waals surface area contributed by atoms with Gasteiger partial charge in [-0.25, -0.2) is 0 Å². The summed E-state index contributed by atoms with van der Waals surface area (Å²) < 4.78 is 5.28. The average Bonchev–Trinajstić information content (AvgIpc) is 2.54.